The van der Waals surface area contributed by atoms with E-state index in [1.807, 2.05) is 0 Å². The van der Waals surface area contributed by atoms with Gasteiger partial charge in [-0.25, -0.2) is 0 Å². The Morgan fingerprint density at radius 1 is 1.10 bits per heavy atom. The summed E-state index contributed by atoms with van der Waals surface area (Å²) in [6.07, 6.45) is 0. The number of hydrogen-bond acceptors (Lipinski definition) is 5. The SMILES string of the molecule is O=C([S-])COCC(=O)[S-].[Mg+2]. The van der Waals surface area contributed by atoms with Crippen molar-refractivity contribution in [2.45, 2.75) is 0 Å². The van der Waals surface area contributed by atoms with Gasteiger partial charge in [-0.1, -0.05) is 0 Å². The van der Waals surface area contributed by atoms with Gasteiger partial charge in [0.1, 0.15) is 0 Å². The summed E-state index contributed by atoms with van der Waals surface area (Å²) in [4.78, 5) is 19.9. The zero-order chi connectivity index (χ0) is 7.28. The molecule has 0 bridgehead atoms. The van der Waals surface area contributed by atoms with Crippen LogP contribution in [0, 0.1) is 0 Å². The van der Waals surface area contributed by atoms with Crippen LogP contribution < -0.4 is 0 Å². The number of carbonyl (C=O) groups excluding carboxylic acids is 2. The predicted octanol–water partition coefficient (Wildman–Crippen LogP) is -1.23. The molecular weight excluding hydrogens is 184 g/mol. The van der Waals surface area contributed by atoms with Gasteiger partial charge in [0, 0.05) is 10.2 Å². The molecule has 0 fully saturated rings. The van der Waals surface area contributed by atoms with Gasteiger partial charge in [-0.15, -0.1) is 0 Å². The molecule has 0 aliphatic carbocycles. The van der Waals surface area contributed by atoms with Crippen LogP contribution in [0.4, 0.5) is 0 Å². The van der Waals surface area contributed by atoms with E-state index in [0.29, 0.717) is 0 Å². The summed E-state index contributed by atoms with van der Waals surface area (Å²) in [5.74, 6) is 0. The van der Waals surface area contributed by atoms with Crippen molar-refractivity contribution in [1.29, 1.82) is 0 Å². The molecule has 3 nitrogen and oxygen atoms in total. The van der Waals surface area contributed by atoms with Crippen LogP contribution in [0.1, 0.15) is 0 Å². The van der Waals surface area contributed by atoms with Crippen molar-refractivity contribution in [2.24, 2.45) is 0 Å². The molecule has 0 aliphatic rings. The van der Waals surface area contributed by atoms with Crippen molar-refractivity contribution in [3.05, 3.63) is 0 Å². The van der Waals surface area contributed by atoms with Crippen LogP contribution in [0.3, 0.4) is 0 Å². The van der Waals surface area contributed by atoms with Gasteiger partial charge in [0.15, 0.2) is 0 Å². The maximum Gasteiger partial charge on any atom is 2.00 e. The Morgan fingerprint density at radius 3 is 1.60 bits per heavy atom. The van der Waals surface area contributed by atoms with E-state index in [1.54, 1.807) is 0 Å². The number of ether oxygens (including phenoxy) is 1. The van der Waals surface area contributed by atoms with Gasteiger partial charge in [0.25, 0.3) is 0 Å². The Morgan fingerprint density at radius 2 is 1.40 bits per heavy atom. The zero-order valence-electron chi connectivity index (χ0n) is 5.16. The van der Waals surface area contributed by atoms with E-state index in [4.69, 9.17) is 0 Å². The summed E-state index contributed by atoms with van der Waals surface area (Å²) in [7, 11) is 0. The van der Waals surface area contributed by atoms with E-state index < -0.39 is 10.2 Å². The Hall–Kier alpha value is 0.506. The first-order chi connectivity index (χ1) is 4.13. The first-order valence-electron chi connectivity index (χ1n) is 2.10. The Kier molecular flexibility index (Phi) is 9.99. The Labute approximate surface area is 85.9 Å². The maximum absolute atomic E-state index is 9.97. The van der Waals surface area contributed by atoms with Crippen molar-refractivity contribution in [2.75, 3.05) is 13.2 Å². The molecule has 0 unspecified atom stereocenters. The predicted molar refractivity (Wildman–Crippen MR) is 41.3 cm³/mol. The van der Waals surface area contributed by atoms with Gasteiger partial charge >= 0.3 is 23.1 Å². The molecule has 0 amide bonds. The third kappa shape index (κ3) is 11.3. The van der Waals surface area contributed by atoms with Crippen molar-refractivity contribution >= 4 is 58.5 Å². The first-order valence-corrected chi connectivity index (χ1v) is 2.92. The van der Waals surface area contributed by atoms with Gasteiger partial charge in [0.2, 0.25) is 0 Å². The van der Waals surface area contributed by atoms with Crippen LogP contribution in [0.5, 0.6) is 0 Å². The molecule has 0 aromatic carbocycles. The molecule has 0 rings (SSSR count). The second-order valence-corrected chi connectivity index (χ2v) is 2.15. The monoisotopic (exact) mass is 188 g/mol. The van der Waals surface area contributed by atoms with Gasteiger partial charge < -0.3 is 39.6 Å². The molecule has 0 heterocycles. The number of hydrogen-bond donors (Lipinski definition) is 0. The fraction of sp³-hybridized carbons (Fsp3) is 0.500. The summed E-state index contributed by atoms with van der Waals surface area (Å²) >= 11 is 8.24. The van der Waals surface area contributed by atoms with E-state index in [1.165, 1.54) is 0 Å². The molecule has 0 N–H and O–H groups in total. The molecule has 0 radical (unpaired) electrons. The normalized spacial score (nSPS) is 8.00. The number of rotatable bonds is 4. The van der Waals surface area contributed by atoms with Crippen LogP contribution >= 0.6 is 0 Å². The summed E-state index contributed by atoms with van der Waals surface area (Å²) in [5.41, 5.74) is 0. The summed E-state index contributed by atoms with van der Waals surface area (Å²) < 4.78 is 4.45. The average molecular weight is 189 g/mol. The first kappa shape index (κ1) is 13.1. The summed E-state index contributed by atoms with van der Waals surface area (Å²) in [6.45, 7) is -0.421. The van der Waals surface area contributed by atoms with Gasteiger partial charge in [-0.2, -0.15) is 0 Å². The largest absolute Gasteiger partial charge is 2.00 e. The van der Waals surface area contributed by atoms with Gasteiger partial charge in [-0.05, 0) is 0 Å². The standard InChI is InChI=1S/C4H6O3S2.Mg/c5-3(8)1-7-2-4(6)9;/h1-2H2,(H,5,8)(H,6,9);/q;+2/p-2. The molecule has 52 valence electrons. The second kappa shape index (κ2) is 7.61. The number of carbonyl (C=O) groups is 2. The minimum atomic E-state index is -0.522. The molecule has 0 aromatic rings. The van der Waals surface area contributed by atoms with Crippen LogP contribution in [0.2, 0.25) is 0 Å². The minimum Gasteiger partial charge on any atom is -0.740 e. The molecule has 0 aromatic heterocycles. The topological polar surface area (TPSA) is 43.4 Å². The molecule has 0 saturated heterocycles. The van der Waals surface area contributed by atoms with Crippen molar-refractivity contribution in [1.82, 2.24) is 0 Å². The summed E-state index contributed by atoms with van der Waals surface area (Å²) in [6, 6.07) is 0. The van der Waals surface area contributed by atoms with E-state index in [9.17, 15) is 9.59 Å². The molecule has 0 atom stereocenters. The van der Waals surface area contributed by atoms with E-state index >= 15 is 0 Å². The molecule has 6 heteroatoms. The van der Waals surface area contributed by atoms with E-state index in [2.05, 4.69) is 30.0 Å². The molecule has 0 aliphatic heterocycles. The fourth-order valence-electron chi connectivity index (χ4n) is 0.218. The molecule has 0 spiro atoms. The second-order valence-electron chi connectivity index (χ2n) is 1.24. The quantitative estimate of drug-likeness (QED) is 0.408. The van der Waals surface area contributed by atoms with Crippen LogP contribution in [-0.2, 0) is 39.6 Å². The van der Waals surface area contributed by atoms with Gasteiger partial charge in [0.05, 0.1) is 13.2 Å². The molecule has 0 saturated carbocycles. The fourth-order valence-corrected chi connectivity index (χ4v) is 0.384. The smallest absolute Gasteiger partial charge is 0.740 e. The Balaban J connectivity index is 0. The van der Waals surface area contributed by atoms with Crippen LogP contribution in [0.25, 0.3) is 0 Å². The third-order valence-corrected chi connectivity index (χ3v) is 0.676. The molecule has 10 heavy (non-hydrogen) atoms. The zero-order valence-corrected chi connectivity index (χ0v) is 8.21. The summed E-state index contributed by atoms with van der Waals surface area (Å²) in [5, 5.41) is -1.04. The minimum absolute atomic E-state index is 0. The molecular formula is C4H4MgO3S2. The van der Waals surface area contributed by atoms with Crippen LogP contribution in [0.15, 0.2) is 0 Å². The van der Waals surface area contributed by atoms with Crippen molar-refractivity contribution < 1.29 is 14.3 Å². The van der Waals surface area contributed by atoms with Crippen molar-refractivity contribution in [3.8, 4) is 0 Å². The van der Waals surface area contributed by atoms with Crippen LogP contribution in [-0.4, -0.2) is 46.5 Å². The van der Waals surface area contributed by atoms with Crippen molar-refractivity contribution in [3.63, 3.8) is 0 Å². The van der Waals surface area contributed by atoms with E-state index in [-0.39, 0.29) is 36.3 Å². The Bertz CT molecular complexity index is 114. The third-order valence-electron chi connectivity index (χ3n) is 0.440. The van der Waals surface area contributed by atoms with E-state index in [0.717, 1.165) is 0 Å². The maximum atomic E-state index is 9.97. The average Bonchev–Trinajstić information content (AvgIpc) is 1.63. The van der Waals surface area contributed by atoms with Gasteiger partial charge in [-0.3, -0.25) is 0 Å².